The molecule has 0 aliphatic rings. The lowest BCUT2D eigenvalue weighted by Crippen LogP contribution is -2.41. The first kappa shape index (κ1) is 18.6. The first-order chi connectivity index (χ1) is 8.73. The summed E-state index contributed by atoms with van der Waals surface area (Å²) in [7, 11) is 0. The van der Waals surface area contributed by atoms with Gasteiger partial charge in [0.1, 0.15) is 0 Å². The Balaban J connectivity index is 3.47. The quantitative estimate of drug-likeness (QED) is 0.530. The van der Waals surface area contributed by atoms with Crippen LogP contribution in [0.4, 0.5) is 13.2 Å². The van der Waals surface area contributed by atoms with Crippen molar-refractivity contribution in [2.45, 2.75) is 45.1 Å². The van der Waals surface area contributed by atoms with Crippen molar-refractivity contribution in [1.29, 1.82) is 0 Å². The second-order valence-electron chi connectivity index (χ2n) is 4.98. The molecule has 0 aromatic carbocycles. The number of hydrogen-bond acceptors (Lipinski definition) is 4. The minimum atomic E-state index is -4.63. The second-order valence-corrected chi connectivity index (χ2v) is 4.98. The van der Waals surface area contributed by atoms with E-state index in [0.717, 1.165) is 12.8 Å². The Bertz CT molecular complexity index is 225. The van der Waals surface area contributed by atoms with E-state index in [9.17, 15) is 18.3 Å². The van der Waals surface area contributed by atoms with E-state index in [4.69, 9.17) is 9.84 Å². The zero-order valence-electron chi connectivity index (χ0n) is 11.4. The van der Waals surface area contributed by atoms with Gasteiger partial charge in [0.2, 0.25) is 0 Å². The number of rotatable bonds is 10. The van der Waals surface area contributed by atoms with E-state index in [1.807, 2.05) is 0 Å². The van der Waals surface area contributed by atoms with E-state index < -0.39 is 24.9 Å². The van der Waals surface area contributed by atoms with Crippen molar-refractivity contribution in [2.24, 2.45) is 5.92 Å². The molecule has 7 heteroatoms. The van der Waals surface area contributed by atoms with Crippen molar-refractivity contribution < 1.29 is 28.1 Å². The molecule has 0 heterocycles. The normalized spacial score (nSPS) is 15.8. The van der Waals surface area contributed by atoms with E-state index in [2.05, 4.69) is 19.2 Å². The fourth-order valence-corrected chi connectivity index (χ4v) is 1.37. The highest BCUT2D eigenvalue weighted by Gasteiger charge is 2.37. The molecule has 0 radical (unpaired) electrons. The lowest BCUT2D eigenvalue weighted by atomic mass is 10.1. The summed E-state index contributed by atoms with van der Waals surface area (Å²) in [4.78, 5) is 0. The Morgan fingerprint density at radius 3 is 2.32 bits per heavy atom. The number of hydrogen-bond donors (Lipinski definition) is 3. The van der Waals surface area contributed by atoms with Crippen LogP contribution in [0.1, 0.15) is 26.7 Å². The average Bonchev–Trinajstić information content (AvgIpc) is 2.26. The molecule has 0 fully saturated rings. The van der Waals surface area contributed by atoms with Gasteiger partial charge in [0, 0.05) is 19.7 Å². The zero-order valence-corrected chi connectivity index (χ0v) is 11.4. The minimum absolute atomic E-state index is 0.0443. The summed E-state index contributed by atoms with van der Waals surface area (Å²) in [6, 6.07) is 0. The molecule has 0 spiro atoms. The lowest BCUT2D eigenvalue weighted by Gasteiger charge is -2.17. The Labute approximate surface area is 112 Å². The molecule has 0 rings (SSSR count). The number of ether oxygens (including phenoxy) is 1. The molecule has 2 unspecified atom stereocenters. The fourth-order valence-electron chi connectivity index (χ4n) is 1.37. The van der Waals surface area contributed by atoms with Crippen LogP contribution < -0.4 is 5.32 Å². The number of aliphatic hydroxyl groups excluding tert-OH is 2. The predicted molar refractivity (Wildman–Crippen MR) is 65.8 cm³/mol. The highest BCUT2D eigenvalue weighted by molar-refractivity contribution is 4.69. The smallest absolute Gasteiger partial charge is 0.389 e. The zero-order chi connectivity index (χ0) is 14.9. The van der Waals surface area contributed by atoms with Crippen LogP contribution in [-0.4, -0.2) is 54.9 Å². The van der Waals surface area contributed by atoms with Gasteiger partial charge >= 0.3 is 6.18 Å². The monoisotopic (exact) mass is 287 g/mol. The summed E-state index contributed by atoms with van der Waals surface area (Å²) in [6.07, 6.45) is -5.99. The molecule has 0 aromatic rings. The maximum atomic E-state index is 11.9. The Morgan fingerprint density at radius 2 is 1.79 bits per heavy atom. The third-order valence-corrected chi connectivity index (χ3v) is 2.48. The molecule has 0 saturated heterocycles. The summed E-state index contributed by atoms with van der Waals surface area (Å²) < 4.78 is 41.0. The Morgan fingerprint density at radius 1 is 1.16 bits per heavy atom. The van der Waals surface area contributed by atoms with Crippen molar-refractivity contribution in [2.75, 3.05) is 26.3 Å². The molecule has 0 aliphatic heterocycles. The van der Waals surface area contributed by atoms with Crippen molar-refractivity contribution in [1.82, 2.24) is 5.32 Å². The van der Waals surface area contributed by atoms with Crippen LogP contribution in [0.3, 0.4) is 0 Å². The number of aliphatic hydroxyl groups is 2. The summed E-state index contributed by atoms with van der Waals surface area (Å²) in [6.45, 7) is 4.13. The van der Waals surface area contributed by atoms with Crippen molar-refractivity contribution >= 4 is 0 Å². The predicted octanol–water partition coefficient (Wildman–Crippen LogP) is 1.31. The molecule has 0 bridgehead atoms. The largest absolute Gasteiger partial charge is 0.415 e. The Kier molecular flexibility index (Phi) is 9.34. The lowest BCUT2D eigenvalue weighted by molar-refractivity contribution is -0.202. The molecule has 0 aliphatic carbocycles. The van der Waals surface area contributed by atoms with Crippen molar-refractivity contribution in [3.63, 3.8) is 0 Å². The molecule has 0 amide bonds. The molecule has 19 heavy (non-hydrogen) atoms. The van der Waals surface area contributed by atoms with E-state index in [0.29, 0.717) is 12.5 Å². The maximum absolute atomic E-state index is 11.9. The average molecular weight is 287 g/mol. The summed E-state index contributed by atoms with van der Waals surface area (Å²) in [5, 5.41) is 20.5. The highest BCUT2D eigenvalue weighted by Crippen LogP contribution is 2.19. The van der Waals surface area contributed by atoms with Crippen LogP contribution in [0.25, 0.3) is 0 Å². The highest BCUT2D eigenvalue weighted by atomic mass is 19.4. The van der Waals surface area contributed by atoms with E-state index in [1.165, 1.54) is 0 Å². The third-order valence-electron chi connectivity index (χ3n) is 2.48. The van der Waals surface area contributed by atoms with Crippen LogP contribution in [0.15, 0.2) is 0 Å². The van der Waals surface area contributed by atoms with E-state index in [1.54, 1.807) is 0 Å². The molecule has 0 aromatic heterocycles. The van der Waals surface area contributed by atoms with Crippen LogP contribution in [0.5, 0.6) is 0 Å². The van der Waals surface area contributed by atoms with Gasteiger partial charge in [-0.1, -0.05) is 13.8 Å². The van der Waals surface area contributed by atoms with Gasteiger partial charge in [-0.3, -0.25) is 0 Å². The van der Waals surface area contributed by atoms with Gasteiger partial charge in [0.15, 0.2) is 6.10 Å². The summed E-state index contributed by atoms with van der Waals surface area (Å²) in [5.74, 6) is 0.596. The van der Waals surface area contributed by atoms with Gasteiger partial charge in [-0.2, -0.15) is 13.2 Å². The number of nitrogens with one attached hydrogen (secondary N) is 1. The molecule has 0 saturated carbocycles. The van der Waals surface area contributed by atoms with Crippen molar-refractivity contribution in [3.8, 4) is 0 Å². The minimum Gasteiger partial charge on any atom is -0.389 e. The molecular weight excluding hydrogens is 263 g/mol. The molecule has 3 N–H and O–H groups in total. The van der Waals surface area contributed by atoms with Crippen LogP contribution >= 0.6 is 0 Å². The van der Waals surface area contributed by atoms with Gasteiger partial charge in [-0.05, 0) is 18.8 Å². The van der Waals surface area contributed by atoms with E-state index in [-0.39, 0.29) is 13.2 Å². The van der Waals surface area contributed by atoms with Crippen LogP contribution in [-0.2, 0) is 4.74 Å². The van der Waals surface area contributed by atoms with Gasteiger partial charge in [0.05, 0.1) is 12.7 Å². The first-order valence-electron chi connectivity index (χ1n) is 6.44. The maximum Gasteiger partial charge on any atom is 0.415 e. The standard InChI is InChI=1S/C12H24F3NO3/c1-9(2)4-3-5-19-8-10(17)6-16-7-11(18)12(13,14)15/h9-11,16-18H,3-8H2,1-2H3. The number of halogens is 3. The topological polar surface area (TPSA) is 61.7 Å². The molecule has 2 atom stereocenters. The molecular formula is C12H24F3NO3. The second kappa shape index (κ2) is 9.52. The third kappa shape index (κ3) is 11.2. The van der Waals surface area contributed by atoms with Gasteiger partial charge in [0.25, 0.3) is 0 Å². The number of alkyl halides is 3. The van der Waals surface area contributed by atoms with Crippen molar-refractivity contribution in [3.05, 3.63) is 0 Å². The SMILES string of the molecule is CC(C)CCCOCC(O)CNCC(O)C(F)(F)F. The Hall–Kier alpha value is -0.370. The summed E-state index contributed by atoms with van der Waals surface area (Å²) in [5.41, 5.74) is 0. The molecule has 4 nitrogen and oxygen atoms in total. The summed E-state index contributed by atoms with van der Waals surface area (Å²) >= 11 is 0. The van der Waals surface area contributed by atoms with Gasteiger partial charge in [-0.15, -0.1) is 0 Å². The fraction of sp³-hybridized carbons (Fsp3) is 1.00. The van der Waals surface area contributed by atoms with Crippen LogP contribution in [0.2, 0.25) is 0 Å². The van der Waals surface area contributed by atoms with E-state index >= 15 is 0 Å². The van der Waals surface area contributed by atoms with Gasteiger partial charge < -0.3 is 20.3 Å². The van der Waals surface area contributed by atoms with Crippen LogP contribution in [0, 0.1) is 5.92 Å². The van der Waals surface area contributed by atoms with Gasteiger partial charge in [-0.25, -0.2) is 0 Å². The molecule has 116 valence electrons. The first-order valence-corrected chi connectivity index (χ1v) is 6.44.